The number of Topliss-reactive ketones (excluding diaryl/α,β-unsaturated/α-hetero) is 1. The first kappa shape index (κ1) is 18.7. The van der Waals surface area contributed by atoms with Crippen LogP contribution in [0.4, 0.5) is 0 Å². The molecule has 0 amide bonds. The second kappa shape index (κ2) is 6.70. The maximum atomic E-state index is 12.3. The molecule has 0 fully saturated rings. The lowest BCUT2D eigenvalue weighted by atomic mass is 9.75. The molecule has 0 aromatic heterocycles. The van der Waals surface area contributed by atoms with Gasteiger partial charge in [0, 0.05) is 6.42 Å². The standard InChI is InChI=1S/C23H32O/c1-16-19(22(2,3)4)14-17(15-20(16)23(5,6)7)12-13-21(24)18-10-8-9-11-18/h8-10,14-15H,11-13H2,1-7H3. The molecule has 1 aromatic rings. The summed E-state index contributed by atoms with van der Waals surface area (Å²) in [5, 5.41) is 0. The Morgan fingerprint density at radius 2 is 1.54 bits per heavy atom. The molecule has 0 unspecified atom stereocenters. The molecular weight excluding hydrogens is 292 g/mol. The highest BCUT2D eigenvalue weighted by Gasteiger charge is 2.24. The number of benzene rings is 1. The monoisotopic (exact) mass is 324 g/mol. The third-order valence-corrected chi connectivity index (χ3v) is 4.85. The van der Waals surface area contributed by atoms with Crippen molar-refractivity contribution < 1.29 is 4.79 Å². The second-order valence-corrected chi connectivity index (χ2v) is 9.06. The lowest BCUT2D eigenvalue weighted by molar-refractivity contribution is -0.115. The van der Waals surface area contributed by atoms with Crippen LogP contribution in [0.2, 0.25) is 0 Å². The summed E-state index contributed by atoms with van der Waals surface area (Å²) in [4.78, 5) is 12.3. The van der Waals surface area contributed by atoms with Crippen LogP contribution >= 0.6 is 0 Å². The second-order valence-electron chi connectivity index (χ2n) is 9.06. The zero-order chi connectivity index (χ0) is 18.1. The topological polar surface area (TPSA) is 17.1 Å². The largest absolute Gasteiger partial charge is 0.295 e. The van der Waals surface area contributed by atoms with Crippen molar-refractivity contribution in [3.05, 3.63) is 58.2 Å². The van der Waals surface area contributed by atoms with Crippen LogP contribution in [0.3, 0.4) is 0 Å². The van der Waals surface area contributed by atoms with Gasteiger partial charge < -0.3 is 0 Å². The van der Waals surface area contributed by atoms with Gasteiger partial charge >= 0.3 is 0 Å². The zero-order valence-corrected chi connectivity index (χ0v) is 16.4. The summed E-state index contributed by atoms with van der Waals surface area (Å²) in [5.74, 6) is 0.287. The van der Waals surface area contributed by atoms with Gasteiger partial charge in [-0.05, 0) is 58.4 Å². The summed E-state index contributed by atoms with van der Waals surface area (Å²) in [6.45, 7) is 15.9. The van der Waals surface area contributed by atoms with Crippen molar-refractivity contribution in [3.8, 4) is 0 Å². The molecular formula is C23H32O. The molecule has 0 aliphatic heterocycles. The highest BCUT2D eigenvalue weighted by atomic mass is 16.1. The van der Waals surface area contributed by atoms with Gasteiger partial charge in [-0.1, -0.05) is 71.9 Å². The number of rotatable bonds is 4. The van der Waals surface area contributed by atoms with Crippen LogP contribution in [0.25, 0.3) is 0 Å². The van der Waals surface area contributed by atoms with Gasteiger partial charge in [0.1, 0.15) is 0 Å². The van der Waals surface area contributed by atoms with Gasteiger partial charge in [-0.15, -0.1) is 0 Å². The maximum Gasteiger partial charge on any atom is 0.159 e. The van der Waals surface area contributed by atoms with Gasteiger partial charge in [-0.3, -0.25) is 4.79 Å². The van der Waals surface area contributed by atoms with Crippen molar-refractivity contribution in [1.82, 2.24) is 0 Å². The van der Waals surface area contributed by atoms with E-state index < -0.39 is 0 Å². The number of ketones is 1. The van der Waals surface area contributed by atoms with Gasteiger partial charge in [-0.2, -0.15) is 0 Å². The minimum atomic E-state index is 0.113. The zero-order valence-electron chi connectivity index (χ0n) is 16.4. The molecule has 0 saturated carbocycles. The van der Waals surface area contributed by atoms with Gasteiger partial charge in [0.15, 0.2) is 5.78 Å². The highest BCUT2D eigenvalue weighted by molar-refractivity contribution is 5.96. The molecule has 0 heterocycles. The number of allylic oxidation sites excluding steroid dienone is 4. The summed E-state index contributed by atoms with van der Waals surface area (Å²) in [6, 6.07) is 4.64. The molecule has 1 aliphatic carbocycles. The number of hydrogen-bond donors (Lipinski definition) is 0. The first-order valence-electron chi connectivity index (χ1n) is 9.03. The van der Waals surface area contributed by atoms with Gasteiger partial charge in [0.2, 0.25) is 0 Å². The first-order valence-corrected chi connectivity index (χ1v) is 9.03. The van der Waals surface area contributed by atoms with E-state index >= 15 is 0 Å². The van der Waals surface area contributed by atoms with E-state index in [2.05, 4.69) is 66.7 Å². The van der Waals surface area contributed by atoms with Crippen molar-refractivity contribution >= 4 is 5.78 Å². The fraction of sp³-hybridized carbons (Fsp3) is 0.522. The van der Waals surface area contributed by atoms with Crippen molar-refractivity contribution in [1.29, 1.82) is 0 Å². The number of hydrogen-bond acceptors (Lipinski definition) is 1. The van der Waals surface area contributed by atoms with Crippen LogP contribution in [-0.4, -0.2) is 5.78 Å². The Balaban J connectivity index is 2.31. The molecule has 1 heteroatoms. The lowest BCUT2D eigenvalue weighted by Gasteiger charge is -2.30. The van der Waals surface area contributed by atoms with Gasteiger partial charge in [0.25, 0.3) is 0 Å². The summed E-state index contributed by atoms with van der Waals surface area (Å²) < 4.78 is 0. The number of aryl methyl sites for hydroxylation is 1. The van der Waals surface area contributed by atoms with Crippen LogP contribution in [0.5, 0.6) is 0 Å². The Bertz CT molecular complexity index is 653. The first-order chi connectivity index (χ1) is 11.0. The Morgan fingerprint density at radius 1 is 1.00 bits per heavy atom. The molecule has 0 atom stereocenters. The van der Waals surface area contributed by atoms with Crippen molar-refractivity contribution in [3.63, 3.8) is 0 Å². The Kier molecular flexibility index (Phi) is 5.22. The smallest absolute Gasteiger partial charge is 0.159 e. The molecule has 2 rings (SSSR count). The van der Waals surface area contributed by atoms with E-state index in [0.29, 0.717) is 6.42 Å². The molecule has 0 saturated heterocycles. The van der Waals surface area contributed by atoms with Crippen LogP contribution < -0.4 is 0 Å². The Hall–Kier alpha value is -1.63. The van der Waals surface area contributed by atoms with Crippen LogP contribution in [-0.2, 0) is 22.0 Å². The predicted molar refractivity (Wildman–Crippen MR) is 104 cm³/mol. The van der Waals surface area contributed by atoms with E-state index in [1.54, 1.807) is 0 Å². The summed E-state index contributed by atoms with van der Waals surface area (Å²) in [7, 11) is 0. The van der Waals surface area contributed by atoms with Crippen molar-refractivity contribution in [2.45, 2.75) is 78.6 Å². The average molecular weight is 325 g/mol. The molecule has 24 heavy (non-hydrogen) atoms. The summed E-state index contributed by atoms with van der Waals surface area (Å²) in [5.41, 5.74) is 6.67. The summed E-state index contributed by atoms with van der Waals surface area (Å²) in [6.07, 6.45) is 8.21. The molecule has 0 bridgehead atoms. The third-order valence-electron chi connectivity index (χ3n) is 4.85. The van der Waals surface area contributed by atoms with E-state index in [1.165, 1.54) is 22.3 Å². The molecule has 1 nitrogen and oxygen atoms in total. The molecule has 0 N–H and O–H groups in total. The van der Waals surface area contributed by atoms with Crippen LogP contribution in [0.15, 0.2) is 35.9 Å². The van der Waals surface area contributed by atoms with Crippen molar-refractivity contribution in [2.24, 2.45) is 0 Å². The molecule has 130 valence electrons. The van der Waals surface area contributed by atoms with E-state index in [0.717, 1.165) is 18.4 Å². The van der Waals surface area contributed by atoms with Crippen molar-refractivity contribution in [2.75, 3.05) is 0 Å². The maximum absolute atomic E-state index is 12.3. The van der Waals surface area contributed by atoms with Gasteiger partial charge in [0.05, 0.1) is 0 Å². The molecule has 1 aromatic carbocycles. The Morgan fingerprint density at radius 3 is 1.96 bits per heavy atom. The minimum Gasteiger partial charge on any atom is -0.295 e. The normalized spacial score (nSPS) is 14.9. The SMILES string of the molecule is Cc1c(C(C)(C)C)cc(CCC(=O)C2=CC=CC2)cc1C(C)(C)C. The predicted octanol–water partition coefficient (Wildman–Crippen LogP) is 5.98. The fourth-order valence-electron chi connectivity index (χ4n) is 3.55. The molecule has 0 radical (unpaired) electrons. The van der Waals surface area contributed by atoms with E-state index in [4.69, 9.17) is 0 Å². The number of carbonyl (C=O) groups is 1. The molecule has 1 aliphatic rings. The highest BCUT2D eigenvalue weighted by Crippen LogP contribution is 2.35. The van der Waals surface area contributed by atoms with E-state index in [-0.39, 0.29) is 16.6 Å². The van der Waals surface area contributed by atoms with Crippen LogP contribution in [0, 0.1) is 6.92 Å². The Labute approximate surface area is 147 Å². The molecule has 0 spiro atoms. The van der Waals surface area contributed by atoms with Gasteiger partial charge in [-0.25, -0.2) is 0 Å². The summed E-state index contributed by atoms with van der Waals surface area (Å²) >= 11 is 0. The fourth-order valence-corrected chi connectivity index (χ4v) is 3.55. The van der Waals surface area contributed by atoms with E-state index in [9.17, 15) is 4.79 Å². The quantitative estimate of drug-likeness (QED) is 0.666. The lowest BCUT2D eigenvalue weighted by Crippen LogP contribution is -2.20. The third kappa shape index (κ3) is 4.26. The van der Waals surface area contributed by atoms with E-state index in [1.807, 2.05) is 12.2 Å². The minimum absolute atomic E-state index is 0.113. The average Bonchev–Trinajstić information content (AvgIpc) is 2.97. The van der Waals surface area contributed by atoms with Crippen LogP contribution in [0.1, 0.15) is 76.6 Å². The number of carbonyl (C=O) groups excluding carboxylic acids is 1.